The van der Waals surface area contributed by atoms with Crippen LogP contribution < -0.4 is 5.56 Å². The number of carbonyl (C=O) groups excluding carboxylic acids is 1. The van der Waals surface area contributed by atoms with E-state index in [-0.39, 0.29) is 23.2 Å². The second-order valence-electron chi connectivity index (χ2n) is 5.31. The lowest BCUT2D eigenvalue weighted by atomic mass is 9.97. The molecule has 0 saturated carbocycles. The van der Waals surface area contributed by atoms with E-state index in [4.69, 9.17) is 4.74 Å². The first-order valence-electron chi connectivity index (χ1n) is 7.48. The highest BCUT2D eigenvalue weighted by Gasteiger charge is 2.24. The molecule has 0 aliphatic carbocycles. The van der Waals surface area contributed by atoms with Gasteiger partial charge in [0.1, 0.15) is 11.6 Å². The number of nitrogens with zero attached hydrogens (tertiary/aromatic N) is 2. The maximum absolute atomic E-state index is 12.7. The first kappa shape index (κ1) is 17.4. The molecule has 1 aromatic heterocycles. The largest absolute Gasteiger partial charge is 0.494 e. The third-order valence-electron chi connectivity index (χ3n) is 3.79. The van der Waals surface area contributed by atoms with Gasteiger partial charge in [-0.15, -0.1) is 0 Å². The number of pyridine rings is 1. The van der Waals surface area contributed by atoms with Crippen molar-refractivity contribution in [1.82, 2.24) is 4.57 Å². The molecule has 0 amide bonds. The van der Waals surface area contributed by atoms with E-state index in [1.807, 2.05) is 6.07 Å². The molecular weight excluding hydrogens is 308 g/mol. The number of methoxy groups -OCH3 is 1. The minimum absolute atomic E-state index is 0.0187. The molecule has 1 aromatic carbocycles. The number of rotatable bonds is 6. The topological polar surface area (TPSA) is 92.3 Å². The number of hydrogen-bond donors (Lipinski definition) is 1. The third-order valence-corrected chi connectivity index (χ3v) is 3.79. The Balaban J connectivity index is 2.63. The van der Waals surface area contributed by atoms with Crippen LogP contribution in [0.1, 0.15) is 33.5 Å². The molecule has 0 saturated heterocycles. The van der Waals surface area contributed by atoms with Gasteiger partial charge >= 0.3 is 0 Å². The van der Waals surface area contributed by atoms with Crippen LogP contribution in [-0.2, 0) is 11.3 Å². The molecule has 2 aromatic rings. The molecular formula is C18H18N2O4. The van der Waals surface area contributed by atoms with E-state index in [0.717, 1.165) is 4.57 Å². The number of nitriles is 1. The van der Waals surface area contributed by atoms with Crippen molar-refractivity contribution in [2.75, 3.05) is 13.7 Å². The normalized spacial score (nSPS) is 10.4. The Morgan fingerprint density at radius 3 is 2.58 bits per heavy atom. The van der Waals surface area contributed by atoms with Crippen LogP contribution in [0, 0.1) is 18.3 Å². The standard InChI is InChI=1S/C18H18N2O4/c1-12-14(11-19)17(22)20(9-6-10-24-2)18(23)15(12)16(21)13-7-4-3-5-8-13/h3-5,7-8,23H,6,9-10H2,1-2H3. The zero-order valence-electron chi connectivity index (χ0n) is 13.6. The van der Waals surface area contributed by atoms with Crippen molar-refractivity contribution in [3.63, 3.8) is 0 Å². The minimum atomic E-state index is -0.604. The third kappa shape index (κ3) is 3.21. The van der Waals surface area contributed by atoms with Crippen molar-refractivity contribution in [2.45, 2.75) is 19.9 Å². The van der Waals surface area contributed by atoms with Crippen molar-refractivity contribution in [3.05, 3.63) is 62.9 Å². The minimum Gasteiger partial charge on any atom is -0.494 e. The molecule has 0 spiro atoms. The van der Waals surface area contributed by atoms with Crippen molar-refractivity contribution in [1.29, 1.82) is 5.26 Å². The van der Waals surface area contributed by atoms with Gasteiger partial charge in [0, 0.05) is 25.8 Å². The zero-order valence-corrected chi connectivity index (χ0v) is 13.6. The van der Waals surface area contributed by atoms with Gasteiger partial charge in [0.2, 0.25) is 5.88 Å². The van der Waals surface area contributed by atoms with Gasteiger partial charge in [-0.05, 0) is 18.9 Å². The van der Waals surface area contributed by atoms with Crippen LogP contribution >= 0.6 is 0 Å². The number of ether oxygens (including phenoxy) is 1. The molecule has 24 heavy (non-hydrogen) atoms. The fourth-order valence-corrected chi connectivity index (χ4v) is 2.53. The van der Waals surface area contributed by atoms with Gasteiger partial charge in [0.05, 0.1) is 5.56 Å². The van der Waals surface area contributed by atoms with E-state index in [1.165, 1.54) is 14.0 Å². The van der Waals surface area contributed by atoms with Crippen LogP contribution in [0.2, 0.25) is 0 Å². The molecule has 0 aliphatic rings. The van der Waals surface area contributed by atoms with Gasteiger partial charge in [-0.3, -0.25) is 14.2 Å². The number of aromatic nitrogens is 1. The number of ketones is 1. The van der Waals surface area contributed by atoms with E-state index in [0.29, 0.717) is 18.6 Å². The molecule has 0 atom stereocenters. The SMILES string of the molecule is COCCCn1c(O)c(C(=O)c2ccccc2)c(C)c(C#N)c1=O. The van der Waals surface area contributed by atoms with Crippen LogP contribution in [0.15, 0.2) is 35.1 Å². The summed E-state index contributed by atoms with van der Waals surface area (Å²) < 4.78 is 6.00. The molecule has 1 N–H and O–H groups in total. The predicted molar refractivity (Wildman–Crippen MR) is 88.2 cm³/mol. The average Bonchev–Trinajstić information content (AvgIpc) is 2.59. The fraction of sp³-hybridized carbons (Fsp3) is 0.278. The highest BCUT2D eigenvalue weighted by Crippen LogP contribution is 2.25. The van der Waals surface area contributed by atoms with Crippen LogP contribution in [0.5, 0.6) is 5.88 Å². The Hall–Kier alpha value is -2.91. The monoisotopic (exact) mass is 326 g/mol. The number of benzene rings is 1. The van der Waals surface area contributed by atoms with Crippen LogP contribution in [0.3, 0.4) is 0 Å². The number of aromatic hydroxyl groups is 1. The zero-order chi connectivity index (χ0) is 17.7. The fourth-order valence-electron chi connectivity index (χ4n) is 2.53. The highest BCUT2D eigenvalue weighted by molar-refractivity contribution is 6.11. The summed E-state index contributed by atoms with van der Waals surface area (Å²) in [7, 11) is 1.53. The van der Waals surface area contributed by atoms with Crippen molar-refractivity contribution in [2.24, 2.45) is 0 Å². The summed E-state index contributed by atoms with van der Waals surface area (Å²) in [6.45, 7) is 2.04. The molecule has 124 valence electrons. The summed E-state index contributed by atoms with van der Waals surface area (Å²) in [5.41, 5.74) is -0.189. The van der Waals surface area contributed by atoms with Gasteiger partial charge in [0.25, 0.3) is 5.56 Å². The van der Waals surface area contributed by atoms with Crippen LogP contribution in [0.25, 0.3) is 0 Å². The number of carbonyl (C=O) groups is 1. The maximum Gasteiger partial charge on any atom is 0.271 e. The second kappa shape index (κ2) is 7.57. The predicted octanol–water partition coefficient (Wildman–Crippen LogP) is 2.00. The summed E-state index contributed by atoms with van der Waals surface area (Å²) in [6, 6.07) is 10.3. The van der Waals surface area contributed by atoms with E-state index in [1.54, 1.807) is 30.3 Å². The van der Waals surface area contributed by atoms with Crippen molar-refractivity contribution in [3.8, 4) is 11.9 Å². The lowest BCUT2D eigenvalue weighted by Crippen LogP contribution is -2.27. The first-order valence-corrected chi connectivity index (χ1v) is 7.48. The first-order chi connectivity index (χ1) is 11.5. The molecule has 0 fully saturated rings. The lowest BCUT2D eigenvalue weighted by Gasteiger charge is -2.15. The Bertz CT molecular complexity index is 848. The smallest absolute Gasteiger partial charge is 0.271 e. The summed E-state index contributed by atoms with van der Waals surface area (Å²) in [6.07, 6.45) is 0.469. The van der Waals surface area contributed by atoms with Gasteiger partial charge < -0.3 is 9.84 Å². The Labute approximate surface area is 139 Å². The molecule has 0 bridgehead atoms. The highest BCUT2D eigenvalue weighted by atomic mass is 16.5. The van der Waals surface area contributed by atoms with Gasteiger partial charge in [0.15, 0.2) is 5.78 Å². The molecule has 0 unspecified atom stereocenters. The van der Waals surface area contributed by atoms with E-state index >= 15 is 0 Å². The van der Waals surface area contributed by atoms with Gasteiger partial charge in [-0.1, -0.05) is 30.3 Å². The van der Waals surface area contributed by atoms with E-state index in [2.05, 4.69) is 0 Å². The summed E-state index contributed by atoms with van der Waals surface area (Å²) >= 11 is 0. The summed E-state index contributed by atoms with van der Waals surface area (Å²) in [5.74, 6) is -0.843. The van der Waals surface area contributed by atoms with Crippen molar-refractivity contribution >= 4 is 5.78 Å². The molecule has 6 nitrogen and oxygen atoms in total. The number of hydrogen-bond acceptors (Lipinski definition) is 5. The molecule has 1 heterocycles. The molecule has 0 aliphatic heterocycles. The molecule has 6 heteroatoms. The second-order valence-corrected chi connectivity index (χ2v) is 5.31. The van der Waals surface area contributed by atoms with Crippen LogP contribution in [-0.4, -0.2) is 29.2 Å². The van der Waals surface area contributed by atoms with Crippen LogP contribution in [0.4, 0.5) is 0 Å². The van der Waals surface area contributed by atoms with Gasteiger partial charge in [-0.2, -0.15) is 5.26 Å². The van der Waals surface area contributed by atoms with Crippen molar-refractivity contribution < 1.29 is 14.6 Å². The lowest BCUT2D eigenvalue weighted by molar-refractivity contribution is 0.103. The van der Waals surface area contributed by atoms with Gasteiger partial charge in [-0.25, -0.2) is 0 Å². The summed E-state index contributed by atoms with van der Waals surface area (Å²) in [4.78, 5) is 25.1. The average molecular weight is 326 g/mol. The quantitative estimate of drug-likeness (QED) is 0.647. The maximum atomic E-state index is 12.7. The Morgan fingerprint density at radius 1 is 1.33 bits per heavy atom. The summed E-state index contributed by atoms with van der Waals surface area (Å²) in [5, 5.41) is 19.8. The van der Waals surface area contributed by atoms with E-state index in [9.17, 15) is 20.0 Å². The molecule has 0 radical (unpaired) electrons. The van der Waals surface area contributed by atoms with E-state index < -0.39 is 17.2 Å². The molecule has 2 rings (SSSR count). The Kier molecular flexibility index (Phi) is 5.51. The Morgan fingerprint density at radius 2 is 2.00 bits per heavy atom.